The fraction of sp³-hybridized carbons (Fsp3) is 0. The lowest BCUT2D eigenvalue weighted by Crippen LogP contribution is -2.09. The Morgan fingerprint density at radius 1 is 0.203 bits per heavy atom. The second-order valence-corrected chi connectivity index (χ2v) is 14.9. The summed E-state index contributed by atoms with van der Waals surface area (Å²) in [5, 5.41) is 2.48. The molecule has 1 nitrogen and oxygen atoms in total. The third-order valence-electron chi connectivity index (χ3n) is 11.3. The van der Waals surface area contributed by atoms with Crippen molar-refractivity contribution in [2.24, 2.45) is 0 Å². The van der Waals surface area contributed by atoms with Crippen LogP contribution < -0.4 is 4.90 Å². The van der Waals surface area contributed by atoms with Crippen molar-refractivity contribution in [3.05, 3.63) is 249 Å². The average Bonchev–Trinajstić information content (AvgIpc) is 3.33. The van der Waals surface area contributed by atoms with Crippen LogP contribution in [0.3, 0.4) is 0 Å². The fourth-order valence-corrected chi connectivity index (χ4v) is 8.28. The van der Waals surface area contributed by atoms with Gasteiger partial charge in [-0.25, -0.2) is 0 Å². The van der Waals surface area contributed by atoms with E-state index in [1.54, 1.807) is 0 Å². The van der Waals surface area contributed by atoms with E-state index in [4.69, 9.17) is 0 Å². The second kappa shape index (κ2) is 16.0. The number of nitrogens with zero attached hydrogens (tertiary/aromatic N) is 1. The molecule has 0 bridgehead atoms. The van der Waals surface area contributed by atoms with Crippen LogP contribution in [0.25, 0.3) is 77.5 Å². The molecule has 1 heteroatoms. The van der Waals surface area contributed by atoms with Crippen LogP contribution in [0.15, 0.2) is 249 Å². The van der Waals surface area contributed by atoms with Crippen LogP contribution in [0.2, 0.25) is 0 Å². The maximum absolute atomic E-state index is 2.36. The van der Waals surface area contributed by atoms with Crippen LogP contribution in [0, 0.1) is 0 Å². The predicted molar refractivity (Wildman–Crippen MR) is 251 cm³/mol. The van der Waals surface area contributed by atoms with E-state index in [0.717, 1.165) is 17.1 Å². The number of anilines is 3. The summed E-state index contributed by atoms with van der Waals surface area (Å²) in [6.07, 6.45) is 0. The fourth-order valence-electron chi connectivity index (χ4n) is 8.28. The summed E-state index contributed by atoms with van der Waals surface area (Å²) in [4.78, 5) is 2.36. The smallest absolute Gasteiger partial charge is 0.0462 e. The summed E-state index contributed by atoms with van der Waals surface area (Å²) < 4.78 is 0. The van der Waals surface area contributed by atoms with Crippen LogP contribution in [0.4, 0.5) is 17.1 Å². The van der Waals surface area contributed by atoms with Crippen LogP contribution in [-0.2, 0) is 0 Å². The van der Waals surface area contributed by atoms with Gasteiger partial charge in [0.25, 0.3) is 0 Å². The van der Waals surface area contributed by atoms with Crippen molar-refractivity contribution in [3.63, 3.8) is 0 Å². The topological polar surface area (TPSA) is 3.24 Å². The normalized spacial score (nSPS) is 11.1. The minimum Gasteiger partial charge on any atom is -0.311 e. The van der Waals surface area contributed by atoms with Crippen molar-refractivity contribution in [2.75, 3.05) is 4.90 Å². The molecule has 10 aromatic carbocycles. The minimum atomic E-state index is 1.09. The Kier molecular flexibility index (Phi) is 9.68. The molecule has 0 aliphatic heterocycles. The molecule has 0 amide bonds. The molecule has 0 heterocycles. The third kappa shape index (κ3) is 7.34. The molecular weight excluding hydrogens is 711 g/mol. The van der Waals surface area contributed by atoms with Gasteiger partial charge < -0.3 is 4.90 Å². The van der Waals surface area contributed by atoms with Gasteiger partial charge in [0.1, 0.15) is 0 Å². The van der Waals surface area contributed by atoms with Crippen LogP contribution in [0.5, 0.6) is 0 Å². The molecule has 10 rings (SSSR count). The first kappa shape index (κ1) is 35.7. The number of rotatable bonds is 9. The highest BCUT2D eigenvalue weighted by Crippen LogP contribution is 2.40. The van der Waals surface area contributed by atoms with Gasteiger partial charge in [0.05, 0.1) is 0 Å². The SMILES string of the molecule is c1ccc(-c2ccc(N(c3ccc(-c4ccccc4-c4cccc(-c5ccccc5)c4)cc3)c3ccc(-c4cccc5ccc(-c6ccccc6)cc45)cc3)cc2)cc1. The van der Waals surface area contributed by atoms with E-state index in [9.17, 15) is 0 Å². The number of benzene rings is 10. The highest BCUT2D eigenvalue weighted by atomic mass is 15.1. The lowest BCUT2D eigenvalue weighted by Gasteiger charge is -2.26. The van der Waals surface area contributed by atoms with E-state index in [0.29, 0.717) is 0 Å². The van der Waals surface area contributed by atoms with Gasteiger partial charge in [0, 0.05) is 17.1 Å². The average molecular weight is 752 g/mol. The van der Waals surface area contributed by atoms with Crippen LogP contribution in [-0.4, -0.2) is 0 Å². The van der Waals surface area contributed by atoms with Crippen LogP contribution in [0.1, 0.15) is 0 Å². The van der Waals surface area contributed by atoms with Crippen LogP contribution >= 0.6 is 0 Å². The first-order chi connectivity index (χ1) is 29.2. The maximum atomic E-state index is 2.36. The Balaban J connectivity index is 1.02. The number of hydrogen-bond donors (Lipinski definition) is 0. The Hall–Kier alpha value is -7.74. The van der Waals surface area contributed by atoms with Gasteiger partial charge in [-0.05, 0) is 126 Å². The second-order valence-electron chi connectivity index (χ2n) is 14.9. The monoisotopic (exact) mass is 751 g/mol. The van der Waals surface area contributed by atoms with E-state index in [2.05, 4.69) is 254 Å². The number of fused-ring (bicyclic) bond motifs is 1. The van der Waals surface area contributed by atoms with Gasteiger partial charge in [-0.2, -0.15) is 0 Å². The molecule has 0 aliphatic carbocycles. The summed E-state index contributed by atoms with van der Waals surface area (Å²) in [7, 11) is 0. The quantitative estimate of drug-likeness (QED) is 0.142. The van der Waals surface area contributed by atoms with Crippen molar-refractivity contribution in [1.29, 1.82) is 0 Å². The molecule has 59 heavy (non-hydrogen) atoms. The van der Waals surface area contributed by atoms with E-state index in [-0.39, 0.29) is 0 Å². The summed E-state index contributed by atoms with van der Waals surface area (Å²) >= 11 is 0. The molecular formula is C58H41N. The van der Waals surface area contributed by atoms with Crippen molar-refractivity contribution >= 4 is 27.8 Å². The molecule has 0 radical (unpaired) electrons. The lowest BCUT2D eigenvalue weighted by atomic mass is 9.92. The predicted octanol–water partition coefficient (Wildman–Crippen LogP) is 16.3. The Bertz CT molecular complexity index is 2990. The first-order valence-electron chi connectivity index (χ1n) is 20.2. The summed E-state index contributed by atoms with van der Waals surface area (Å²) in [6.45, 7) is 0. The van der Waals surface area contributed by atoms with Crippen molar-refractivity contribution in [2.45, 2.75) is 0 Å². The van der Waals surface area contributed by atoms with Gasteiger partial charge in [0.15, 0.2) is 0 Å². The molecule has 0 fully saturated rings. The molecule has 0 aromatic heterocycles. The molecule has 0 aliphatic rings. The van der Waals surface area contributed by atoms with Gasteiger partial charge >= 0.3 is 0 Å². The standard InChI is InChI=1S/C58H41N/c1-4-14-42(15-5-1)45-28-34-52(35-29-45)59(54-38-32-48(33-39-54)56-25-13-20-46-26-27-50(41-58(46)56)44-18-8-3-9-19-44)53-36-30-47(31-37-53)55-23-10-11-24-57(55)51-22-12-21-49(40-51)43-16-6-2-7-17-43/h1-41H. The maximum Gasteiger partial charge on any atom is 0.0462 e. The van der Waals surface area contributed by atoms with E-state index >= 15 is 0 Å². The molecule has 0 saturated carbocycles. The number of hydrogen-bond acceptors (Lipinski definition) is 1. The highest BCUT2D eigenvalue weighted by molar-refractivity contribution is 5.99. The molecule has 10 aromatic rings. The Morgan fingerprint density at radius 2 is 0.559 bits per heavy atom. The Morgan fingerprint density at radius 3 is 1.12 bits per heavy atom. The Labute approximate surface area is 346 Å². The van der Waals surface area contributed by atoms with E-state index in [1.165, 1.54) is 77.5 Å². The molecule has 0 unspecified atom stereocenters. The van der Waals surface area contributed by atoms with E-state index < -0.39 is 0 Å². The first-order valence-corrected chi connectivity index (χ1v) is 20.2. The third-order valence-corrected chi connectivity index (χ3v) is 11.3. The zero-order chi connectivity index (χ0) is 39.4. The van der Waals surface area contributed by atoms with Crippen molar-refractivity contribution in [1.82, 2.24) is 0 Å². The van der Waals surface area contributed by atoms with E-state index in [1.807, 2.05) is 0 Å². The largest absolute Gasteiger partial charge is 0.311 e. The zero-order valence-electron chi connectivity index (χ0n) is 32.6. The molecule has 278 valence electrons. The summed E-state index contributed by atoms with van der Waals surface area (Å²) in [5.74, 6) is 0. The molecule has 0 saturated heterocycles. The lowest BCUT2D eigenvalue weighted by molar-refractivity contribution is 1.28. The molecule has 0 N–H and O–H groups in total. The minimum absolute atomic E-state index is 1.09. The van der Waals surface area contributed by atoms with Gasteiger partial charge in [-0.1, -0.05) is 200 Å². The molecule has 0 spiro atoms. The van der Waals surface area contributed by atoms with Gasteiger partial charge in [0.2, 0.25) is 0 Å². The van der Waals surface area contributed by atoms with Crippen molar-refractivity contribution < 1.29 is 0 Å². The zero-order valence-corrected chi connectivity index (χ0v) is 32.6. The summed E-state index contributed by atoms with van der Waals surface area (Å²) in [6, 6.07) is 89.7. The van der Waals surface area contributed by atoms with Gasteiger partial charge in [-0.15, -0.1) is 0 Å². The van der Waals surface area contributed by atoms with Crippen molar-refractivity contribution in [3.8, 4) is 66.8 Å². The molecule has 0 atom stereocenters. The highest BCUT2D eigenvalue weighted by Gasteiger charge is 2.16. The summed E-state index contributed by atoms with van der Waals surface area (Å²) in [5.41, 5.74) is 17.8. The van der Waals surface area contributed by atoms with Gasteiger partial charge in [-0.3, -0.25) is 0 Å².